The molecule has 1 aliphatic heterocycles. The van der Waals surface area contributed by atoms with E-state index in [1.165, 1.54) is 0 Å². The summed E-state index contributed by atoms with van der Waals surface area (Å²) in [6.07, 6.45) is 4.86. The molecule has 5 rings (SSSR count). The van der Waals surface area contributed by atoms with Crippen LogP contribution in [0.4, 0.5) is 5.69 Å². The number of benzene rings is 2. The zero-order valence-electron chi connectivity index (χ0n) is 19.5. The summed E-state index contributed by atoms with van der Waals surface area (Å²) in [5, 5.41) is 11.3. The molecule has 3 aromatic rings. The Labute approximate surface area is 204 Å². The predicted octanol–water partition coefficient (Wildman–Crippen LogP) is 3.25. The second-order valence-electron chi connectivity index (χ2n) is 9.24. The summed E-state index contributed by atoms with van der Waals surface area (Å²) in [5.74, 6) is -0.917. The van der Waals surface area contributed by atoms with E-state index in [1.54, 1.807) is 17.9 Å². The first kappa shape index (κ1) is 23.1. The summed E-state index contributed by atoms with van der Waals surface area (Å²) >= 11 is 0. The first-order chi connectivity index (χ1) is 17.1. The smallest absolute Gasteiger partial charge is 0.247 e. The highest BCUT2D eigenvalue weighted by molar-refractivity contribution is 5.88. The molecule has 2 amide bonds. The van der Waals surface area contributed by atoms with Crippen molar-refractivity contribution in [2.75, 3.05) is 31.1 Å². The van der Waals surface area contributed by atoms with E-state index in [1.807, 2.05) is 47.4 Å². The van der Waals surface area contributed by atoms with Gasteiger partial charge >= 0.3 is 0 Å². The normalized spacial score (nSPS) is 22.6. The van der Waals surface area contributed by atoms with Crippen LogP contribution in [-0.4, -0.2) is 59.2 Å². The lowest BCUT2D eigenvalue weighted by molar-refractivity contribution is -0.148. The van der Waals surface area contributed by atoms with Crippen LogP contribution in [0.2, 0.25) is 0 Å². The van der Waals surface area contributed by atoms with E-state index in [-0.39, 0.29) is 12.0 Å². The third kappa shape index (κ3) is 4.93. The predicted molar refractivity (Wildman–Crippen MR) is 132 cm³/mol. The maximum absolute atomic E-state index is 13.5. The monoisotopic (exact) mass is 474 g/mol. The van der Waals surface area contributed by atoms with Crippen LogP contribution in [0.25, 0.3) is 10.8 Å². The third-order valence-electron chi connectivity index (χ3n) is 7.21. The van der Waals surface area contributed by atoms with Gasteiger partial charge in [0.15, 0.2) is 0 Å². The average Bonchev–Trinajstić information content (AvgIpc) is 2.93. The number of carbonyl (C=O) groups is 2. The van der Waals surface area contributed by atoms with Crippen LogP contribution < -0.4 is 15.1 Å². The van der Waals surface area contributed by atoms with Crippen molar-refractivity contribution in [3.8, 4) is 5.75 Å². The van der Waals surface area contributed by atoms with Crippen molar-refractivity contribution in [2.45, 2.75) is 25.4 Å². The van der Waals surface area contributed by atoms with Crippen LogP contribution in [0.1, 0.15) is 19.3 Å². The highest BCUT2D eigenvalue weighted by Gasteiger charge is 2.42. The lowest BCUT2D eigenvalue weighted by Crippen LogP contribution is -2.53. The van der Waals surface area contributed by atoms with Gasteiger partial charge in [-0.3, -0.25) is 19.8 Å². The molecule has 3 unspecified atom stereocenters. The number of piperazine rings is 1. The quantitative estimate of drug-likeness (QED) is 0.436. The molecule has 0 spiro atoms. The van der Waals surface area contributed by atoms with E-state index in [0.717, 1.165) is 35.3 Å². The number of anilines is 1. The van der Waals surface area contributed by atoms with Crippen LogP contribution in [0.3, 0.4) is 0 Å². The topological polar surface area (TPSA) is 95.0 Å². The number of rotatable bonds is 5. The molecule has 1 aliphatic carbocycles. The van der Waals surface area contributed by atoms with E-state index < -0.39 is 17.7 Å². The summed E-state index contributed by atoms with van der Waals surface area (Å²) in [7, 11) is 0. The number of aromatic nitrogens is 1. The highest BCUT2D eigenvalue weighted by Crippen LogP contribution is 2.36. The van der Waals surface area contributed by atoms with Crippen LogP contribution in [0.5, 0.6) is 5.75 Å². The molecular weight excluding hydrogens is 444 g/mol. The van der Waals surface area contributed by atoms with Crippen LogP contribution in [-0.2, 0) is 9.59 Å². The van der Waals surface area contributed by atoms with Gasteiger partial charge in [0.2, 0.25) is 11.8 Å². The fourth-order valence-corrected chi connectivity index (χ4v) is 5.34. The van der Waals surface area contributed by atoms with Gasteiger partial charge in [-0.2, -0.15) is 0 Å². The van der Waals surface area contributed by atoms with Crippen LogP contribution >= 0.6 is 0 Å². The van der Waals surface area contributed by atoms with Gasteiger partial charge in [-0.25, -0.2) is 5.48 Å². The Morgan fingerprint density at radius 1 is 0.943 bits per heavy atom. The number of hydrogen-bond donors (Lipinski definition) is 2. The van der Waals surface area contributed by atoms with Crippen LogP contribution in [0.15, 0.2) is 67.0 Å². The van der Waals surface area contributed by atoms with Gasteiger partial charge in [0.1, 0.15) is 5.75 Å². The molecule has 2 aromatic carbocycles. The molecule has 35 heavy (non-hydrogen) atoms. The van der Waals surface area contributed by atoms with E-state index >= 15 is 0 Å². The Morgan fingerprint density at radius 3 is 2.51 bits per heavy atom. The largest absolute Gasteiger partial charge is 0.490 e. The zero-order chi connectivity index (χ0) is 24.2. The molecule has 8 nitrogen and oxygen atoms in total. The molecule has 1 saturated carbocycles. The minimum absolute atomic E-state index is 0.0130. The highest BCUT2D eigenvalue weighted by atomic mass is 16.5. The molecule has 2 N–H and O–H groups in total. The summed E-state index contributed by atoms with van der Waals surface area (Å²) < 4.78 is 6.31. The molecule has 0 bridgehead atoms. The van der Waals surface area contributed by atoms with E-state index in [0.29, 0.717) is 32.4 Å². The number of hydroxylamine groups is 1. The average molecular weight is 475 g/mol. The van der Waals surface area contributed by atoms with Crippen molar-refractivity contribution >= 4 is 28.3 Å². The number of ether oxygens (including phenoxy) is 1. The fraction of sp³-hybridized carbons (Fsp3) is 0.370. The lowest BCUT2D eigenvalue weighted by atomic mass is 9.76. The minimum atomic E-state index is -0.643. The summed E-state index contributed by atoms with van der Waals surface area (Å²) in [6.45, 7) is 2.73. The van der Waals surface area contributed by atoms with E-state index in [9.17, 15) is 14.8 Å². The first-order valence-electron chi connectivity index (χ1n) is 12.2. The first-order valence-corrected chi connectivity index (χ1v) is 12.2. The molecule has 182 valence electrons. The molecule has 3 atom stereocenters. The van der Waals surface area contributed by atoms with Crippen molar-refractivity contribution in [1.29, 1.82) is 0 Å². The standard InChI is InChI=1S/C27H30N4O4/c32-26(29-34)24-17-21(35-25-8-4-5-19-18-28-12-11-22(19)25)9-10-23(24)27(33)31-15-13-30(14-16-31)20-6-2-1-3-7-20/h1-8,11-12,18,21,23-24,34H,9-10,13-17H2,(H,29,32). The van der Waals surface area contributed by atoms with Gasteiger partial charge in [0, 0.05) is 55.0 Å². The maximum atomic E-state index is 13.5. The van der Waals surface area contributed by atoms with Gasteiger partial charge in [-0.15, -0.1) is 0 Å². The molecule has 2 fully saturated rings. The Hall–Kier alpha value is -3.65. The van der Waals surface area contributed by atoms with Gasteiger partial charge < -0.3 is 14.5 Å². The Kier molecular flexibility index (Phi) is 6.81. The molecule has 8 heteroatoms. The Morgan fingerprint density at radius 2 is 1.74 bits per heavy atom. The number of hydrogen-bond acceptors (Lipinski definition) is 6. The van der Waals surface area contributed by atoms with E-state index in [2.05, 4.69) is 22.0 Å². The summed E-state index contributed by atoms with van der Waals surface area (Å²) in [4.78, 5) is 34.4. The van der Waals surface area contributed by atoms with Crippen molar-refractivity contribution in [3.63, 3.8) is 0 Å². The van der Waals surface area contributed by atoms with Crippen molar-refractivity contribution in [1.82, 2.24) is 15.4 Å². The van der Waals surface area contributed by atoms with Crippen LogP contribution in [0, 0.1) is 11.8 Å². The fourth-order valence-electron chi connectivity index (χ4n) is 5.34. The minimum Gasteiger partial charge on any atom is -0.490 e. The second-order valence-corrected chi connectivity index (χ2v) is 9.24. The van der Waals surface area contributed by atoms with Gasteiger partial charge in [-0.05, 0) is 43.5 Å². The lowest BCUT2D eigenvalue weighted by Gasteiger charge is -2.40. The molecule has 2 heterocycles. The van der Waals surface area contributed by atoms with Gasteiger partial charge in [0.25, 0.3) is 0 Å². The second kappa shape index (κ2) is 10.3. The Balaban J connectivity index is 1.25. The van der Waals surface area contributed by atoms with Gasteiger partial charge in [0.05, 0.1) is 17.9 Å². The molecule has 1 saturated heterocycles. The number of fused-ring (bicyclic) bond motifs is 1. The number of nitrogens with zero attached hydrogens (tertiary/aromatic N) is 3. The van der Waals surface area contributed by atoms with Crippen molar-refractivity contribution in [2.24, 2.45) is 11.8 Å². The molecule has 2 aliphatic rings. The molecular formula is C27H30N4O4. The zero-order valence-corrected chi connectivity index (χ0v) is 19.5. The SMILES string of the molecule is O=C(NO)C1CC(Oc2cccc3cnccc23)CCC1C(=O)N1CCN(c2ccccc2)CC1. The third-order valence-corrected chi connectivity index (χ3v) is 7.21. The van der Waals surface area contributed by atoms with E-state index in [4.69, 9.17) is 4.74 Å². The summed E-state index contributed by atoms with van der Waals surface area (Å²) in [6, 6.07) is 17.9. The summed E-state index contributed by atoms with van der Waals surface area (Å²) in [5.41, 5.74) is 2.94. The number of amides is 2. The molecule has 1 aromatic heterocycles. The van der Waals surface area contributed by atoms with Crippen molar-refractivity contribution in [3.05, 3.63) is 67.0 Å². The maximum Gasteiger partial charge on any atom is 0.247 e. The molecule has 0 radical (unpaired) electrons. The Bertz CT molecular complexity index is 1170. The van der Waals surface area contributed by atoms with Gasteiger partial charge in [-0.1, -0.05) is 30.3 Å². The number of para-hydroxylation sites is 1. The number of nitrogens with one attached hydrogen (secondary N) is 1. The van der Waals surface area contributed by atoms with Crippen molar-refractivity contribution < 1.29 is 19.5 Å². The number of pyridine rings is 1. The number of carbonyl (C=O) groups excluding carboxylic acids is 2.